The summed E-state index contributed by atoms with van der Waals surface area (Å²) < 4.78 is 12.0. The summed E-state index contributed by atoms with van der Waals surface area (Å²) in [4.78, 5) is 41.2. The maximum Gasteiger partial charge on any atom is 0.358 e. The van der Waals surface area contributed by atoms with Gasteiger partial charge in [-0.15, -0.1) is 0 Å². The van der Waals surface area contributed by atoms with Gasteiger partial charge in [0.15, 0.2) is 5.69 Å². The van der Waals surface area contributed by atoms with Gasteiger partial charge in [0.1, 0.15) is 17.0 Å². The maximum absolute atomic E-state index is 13.8. The molecule has 1 saturated carbocycles. The number of methoxy groups -OCH3 is 1. The first-order valence-corrected chi connectivity index (χ1v) is 11.4. The average molecular weight is 455 g/mol. The number of hydrogen-bond donors (Lipinski definition) is 1. The number of nitrogens with zero attached hydrogens (tertiary/aromatic N) is 3. The van der Waals surface area contributed by atoms with E-state index in [1.165, 1.54) is 29.2 Å². The molecule has 2 amide bonds. The normalized spacial score (nSPS) is 20.8. The molecule has 1 aliphatic carbocycles. The minimum Gasteiger partial charge on any atom is -0.495 e. The van der Waals surface area contributed by atoms with Gasteiger partial charge < -0.3 is 14.8 Å². The molecule has 0 spiro atoms. The van der Waals surface area contributed by atoms with Gasteiger partial charge in [-0.05, 0) is 38.8 Å². The molecule has 176 valence electrons. The SMILES string of the molecule is CCOC(=O)c1cc2n(n1)C[C@@](C)(C(=O)NC1CCCCC1)N(c1ccccc1OC)C2=O. The lowest BCUT2D eigenvalue weighted by atomic mass is 9.91. The molecule has 33 heavy (non-hydrogen) atoms. The fraction of sp³-hybridized carbons (Fsp3) is 0.500. The number of carbonyl (C=O) groups excluding carboxylic acids is 3. The smallest absolute Gasteiger partial charge is 0.358 e. The van der Waals surface area contributed by atoms with Crippen LogP contribution < -0.4 is 15.0 Å². The van der Waals surface area contributed by atoms with Crippen LogP contribution in [0, 0.1) is 0 Å². The Balaban J connectivity index is 1.77. The fourth-order valence-electron chi connectivity index (χ4n) is 4.67. The second-order valence-electron chi connectivity index (χ2n) is 8.69. The van der Waals surface area contributed by atoms with Gasteiger partial charge in [-0.3, -0.25) is 19.2 Å². The van der Waals surface area contributed by atoms with Crippen molar-refractivity contribution < 1.29 is 23.9 Å². The molecule has 1 aromatic heterocycles. The minimum absolute atomic E-state index is 0.0390. The first kappa shape index (κ1) is 22.8. The quantitative estimate of drug-likeness (QED) is 0.674. The number of carbonyl (C=O) groups is 3. The van der Waals surface area contributed by atoms with Crippen LogP contribution in [-0.4, -0.2) is 52.9 Å². The predicted molar refractivity (Wildman–Crippen MR) is 121 cm³/mol. The van der Waals surface area contributed by atoms with Crippen LogP contribution in [0.4, 0.5) is 5.69 Å². The monoisotopic (exact) mass is 454 g/mol. The van der Waals surface area contributed by atoms with Crippen LogP contribution in [0.3, 0.4) is 0 Å². The van der Waals surface area contributed by atoms with Crippen molar-refractivity contribution in [3.8, 4) is 5.75 Å². The van der Waals surface area contributed by atoms with Crippen molar-refractivity contribution in [1.29, 1.82) is 0 Å². The Morgan fingerprint density at radius 2 is 1.94 bits per heavy atom. The van der Waals surface area contributed by atoms with Crippen LogP contribution >= 0.6 is 0 Å². The molecule has 9 nitrogen and oxygen atoms in total. The first-order chi connectivity index (χ1) is 15.9. The molecule has 2 heterocycles. The maximum atomic E-state index is 13.8. The number of esters is 1. The van der Waals surface area contributed by atoms with E-state index in [0.717, 1.165) is 25.7 Å². The number of anilines is 1. The van der Waals surface area contributed by atoms with E-state index in [2.05, 4.69) is 10.4 Å². The number of amides is 2. The summed E-state index contributed by atoms with van der Waals surface area (Å²) in [7, 11) is 1.52. The van der Waals surface area contributed by atoms with Crippen molar-refractivity contribution in [1.82, 2.24) is 15.1 Å². The van der Waals surface area contributed by atoms with E-state index in [-0.39, 0.29) is 36.5 Å². The van der Waals surface area contributed by atoms with E-state index >= 15 is 0 Å². The van der Waals surface area contributed by atoms with Gasteiger partial charge in [-0.2, -0.15) is 5.10 Å². The largest absolute Gasteiger partial charge is 0.495 e. The van der Waals surface area contributed by atoms with E-state index in [4.69, 9.17) is 9.47 Å². The standard InChI is InChI=1S/C24H30N4O5/c1-4-33-22(30)17-14-19-21(29)28(18-12-8-9-13-20(18)32-3)24(2,15-27(19)26-17)23(31)25-16-10-6-5-7-11-16/h8-9,12-14,16H,4-7,10-11,15H2,1-3H3,(H,25,31)/t24-/m0/s1. The van der Waals surface area contributed by atoms with E-state index in [1.54, 1.807) is 38.1 Å². The Morgan fingerprint density at radius 1 is 1.21 bits per heavy atom. The van der Waals surface area contributed by atoms with E-state index in [0.29, 0.717) is 11.4 Å². The third-order valence-corrected chi connectivity index (χ3v) is 6.39. The molecule has 0 bridgehead atoms. The zero-order chi connectivity index (χ0) is 23.6. The Hall–Kier alpha value is -3.36. The lowest BCUT2D eigenvalue weighted by Gasteiger charge is -2.44. The molecule has 0 saturated heterocycles. The van der Waals surface area contributed by atoms with Gasteiger partial charge in [0, 0.05) is 12.1 Å². The third kappa shape index (κ3) is 4.19. The van der Waals surface area contributed by atoms with Crippen molar-refractivity contribution in [3.05, 3.63) is 41.7 Å². The number of benzene rings is 1. The molecule has 2 aliphatic rings. The van der Waals surface area contributed by atoms with Gasteiger partial charge in [0.2, 0.25) is 5.91 Å². The minimum atomic E-state index is -1.28. The molecule has 4 rings (SSSR count). The number of fused-ring (bicyclic) bond motifs is 1. The second kappa shape index (κ2) is 9.25. The number of rotatable bonds is 6. The number of para-hydroxylation sites is 2. The lowest BCUT2D eigenvalue weighted by molar-refractivity contribution is -0.127. The summed E-state index contributed by atoms with van der Waals surface area (Å²) in [6.45, 7) is 3.72. The molecule has 1 aromatic carbocycles. The first-order valence-electron chi connectivity index (χ1n) is 11.4. The molecule has 0 radical (unpaired) electrons. The Kier molecular flexibility index (Phi) is 6.40. The Labute approximate surface area is 193 Å². The van der Waals surface area contributed by atoms with Crippen LogP contribution in [0.25, 0.3) is 0 Å². The summed E-state index contributed by atoms with van der Waals surface area (Å²) in [5, 5.41) is 7.46. The molecule has 2 aromatic rings. The van der Waals surface area contributed by atoms with Gasteiger partial charge in [-0.25, -0.2) is 4.79 Å². The van der Waals surface area contributed by atoms with Gasteiger partial charge >= 0.3 is 5.97 Å². The van der Waals surface area contributed by atoms with Crippen molar-refractivity contribution in [2.24, 2.45) is 0 Å². The summed E-state index contributed by atoms with van der Waals surface area (Å²) in [6, 6.07) is 8.59. The van der Waals surface area contributed by atoms with Crippen LogP contribution in [-0.2, 0) is 16.1 Å². The summed E-state index contributed by atoms with van der Waals surface area (Å²) in [6.07, 6.45) is 5.16. The summed E-state index contributed by atoms with van der Waals surface area (Å²) in [5.41, 5.74) is -0.547. The van der Waals surface area contributed by atoms with E-state index in [1.807, 2.05) is 0 Å². The molecule has 0 unspecified atom stereocenters. The number of aromatic nitrogens is 2. The topological polar surface area (TPSA) is 103 Å². The van der Waals surface area contributed by atoms with Crippen molar-refractivity contribution in [3.63, 3.8) is 0 Å². The van der Waals surface area contributed by atoms with Gasteiger partial charge in [0.05, 0.1) is 25.9 Å². The lowest BCUT2D eigenvalue weighted by Crippen LogP contribution is -2.65. The molecular weight excluding hydrogens is 424 g/mol. The van der Waals surface area contributed by atoms with Gasteiger partial charge in [-0.1, -0.05) is 31.4 Å². The van der Waals surface area contributed by atoms with Crippen LogP contribution in [0.2, 0.25) is 0 Å². The zero-order valence-electron chi connectivity index (χ0n) is 19.3. The fourth-order valence-corrected chi connectivity index (χ4v) is 4.67. The van der Waals surface area contributed by atoms with Gasteiger partial charge in [0.25, 0.3) is 5.91 Å². The Bertz CT molecular complexity index is 1060. The molecule has 1 fully saturated rings. The number of nitrogens with one attached hydrogen (secondary N) is 1. The second-order valence-corrected chi connectivity index (χ2v) is 8.69. The van der Waals surface area contributed by atoms with Crippen LogP contribution in [0.5, 0.6) is 5.75 Å². The predicted octanol–water partition coefficient (Wildman–Crippen LogP) is 2.94. The highest BCUT2D eigenvalue weighted by atomic mass is 16.5. The van der Waals surface area contributed by atoms with Crippen molar-refractivity contribution in [2.75, 3.05) is 18.6 Å². The molecule has 1 atom stereocenters. The number of hydrogen-bond acceptors (Lipinski definition) is 6. The third-order valence-electron chi connectivity index (χ3n) is 6.39. The summed E-state index contributed by atoms with van der Waals surface area (Å²) in [5.74, 6) is -0.826. The van der Waals surface area contributed by atoms with E-state index < -0.39 is 17.4 Å². The highest BCUT2D eigenvalue weighted by Crippen LogP contribution is 2.38. The van der Waals surface area contributed by atoms with Crippen molar-refractivity contribution >= 4 is 23.5 Å². The van der Waals surface area contributed by atoms with Crippen LogP contribution in [0.15, 0.2) is 30.3 Å². The Morgan fingerprint density at radius 3 is 2.64 bits per heavy atom. The van der Waals surface area contributed by atoms with Crippen molar-refractivity contribution in [2.45, 2.75) is 64.1 Å². The number of ether oxygens (including phenoxy) is 2. The average Bonchev–Trinajstić information content (AvgIpc) is 3.24. The van der Waals surface area contributed by atoms with Crippen LogP contribution in [0.1, 0.15) is 66.9 Å². The van der Waals surface area contributed by atoms with E-state index in [9.17, 15) is 14.4 Å². The zero-order valence-corrected chi connectivity index (χ0v) is 19.3. The molecule has 1 aliphatic heterocycles. The summed E-state index contributed by atoms with van der Waals surface area (Å²) >= 11 is 0. The molecular formula is C24H30N4O5. The molecule has 9 heteroatoms. The highest BCUT2D eigenvalue weighted by molar-refractivity contribution is 6.13. The highest BCUT2D eigenvalue weighted by Gasteiger charge is 2.50. The molecule has 1 N–H and O–H groups in total.